The average Bonchev–Trinajstić information content (AvgIpc) is 2.59. The Bertz CT molecular complexity index is 410. The quantitative estimate of drug-likeness (QED) is 0.315. The number of aliphatic hydroxyl groups is 1. The molecule has 0 radical (unpaired) electrons. The third kappa shape index (κ3) is 5.98. The molecule has 6 heteroatoms. The molecular weight excluding hydrogens is 312 g/mol. The predicted octanol–water partition coefficient (Wildman–Crippen LogP) is 2.32. The largest absolute Gasteiger partial charge is 0.374 e. The van der Waals surface area contributed by atoms with Crippen LogP contribution in [0.1, 0.15) is 12.8 Å². The molecule has 2 unspecified atom stereocenters. The first-order valence-corrected chi connectivity index (χ1v) is 7.89. The molecule has 6 nitrogen and oxygen atoms in total. The Morgan fingerprint density at radius 1 is 0.875 bits per heavy atom. The third-order valence-electron chi connectivity index (χ3n) is 3.43. The van der Waals surface area contributed by atoms with Crippen LogP contribution >= 0.6 is 0 Å². The molecule has 0 bridgehead atoms. The molecule has 0 aliphatic carbocycles. The summed E-state index contributed by atoms with van der Waals surface area (Å²) in [5.41, 5.74) is 0. The summed E-state index contributed by atoms with van der Waals surface area (Å²) < 4.78 is 28.3. The normalized spacial score (nSPS) is 25.8. The van der Waals surface area contributed by atoms with Gasteiger partial charge in [-0.3, -0.25) is 0 Å². The van der Waals surface area contributed by atoms with Gasteiger partial charge < -0.3 is 28.8 Å². The zero-order chi connectivity index (χ0) is 17.9. The van der Waals surface area contributed by atoms with Crippen LogP contribution in [0.25, 0.3) is 0 Å². The van der Waals surface area contributed by atoms with Crippen LogP contribution in [0.15, 0.2) is 50.6 Å². The lowest BCUT2D eigenvalue weighted by atomic mass is 9.99. The summed E-state index contributed by atoms with van der Waals surface area (Å²) in [5, 5.41) is 10.5. The molecule has 0 saturated carbocycles. The van der Waals surface area contributed by atoms with E-state index in [0.717, 1.165) is 0 Å². The Kier molecular flexibility index (Phi) is 9.13. The Balaban J connectivity index is 2.94. The minimum atomic E-state index is -1.74. The summed E-state index contributed by atoms with van der Waals surface area (Å²) in [4.78, 5) is 0. The van der Waals surface area contributed by atoms with E-state index in [1.165, 1.54) is 6.08 Å². The van der Waals surface area contributed by atoms with E-state index in [4.69, 9.17) is 23.7 Å². The molecule has 1 fully saturated rings. The molecule has 0 aromatic heterocycles. The van der Waals surface area contributed by atoms with Gasteiger partial charge in [0.1, 0.15) is 6.10 Å². The molecule has 1 N–H and O–H groups in total. The van der Waals surface area contributed by atoms with E-state index >= 15 is 0 Å². The van der Waals surface area contributed by atoms with Gasteiger partial charge in [-0.05, 0) is 0 Å². The molecule has 136 valence electrons. The highest BCUT2D eigenvalue weighted by molar-refractivity contribution is 4.90. The first-order chi connectivity index (χ1) is 11.6. The molecule has 0 spiro atoms. The second-order valence-corrected chi connectivity index (χ2v) is 5.26. The predicted molar refractivity (Wildman–Crippen MR) is 91.3 cm³/mol. The lowest BCUT2D eigenvalue weighted by Crippen LogP contribution is -2.60. The maximum Gasteiger partial charge on any atom is 0.281 e. The van der Waals surface area contributed by atoms with Crippen molar-refractivity contribution in [3.05, 3.63) is 50.6 Å². The number of ether oxygens (including phenoxy) is 5. The van der Waals surface area contributed by atoms with E-state index in [9.17, 15) is 5.11 Å². The van der Waals surface area contributed by atoms with Crippen LogP contribution in [-0.4, -0.2) is 56.0 Å². The van der Waals surface area contributed by atoms with Crippen molar-refractivity contribution in [3.63, 3.8) is 0 Å². The van der Waals surface area contributed by atoms with Crippen LogP contribution in [0.4, 0.5) is 0 Å². The van der Waals surface area contributed by atoms with Crippen molar-refractivity contribution in [2.45, 2.75) is 30.7 Å². The topological polar surface area (TPSA) is 66.4 Å². The van der Waals surface area contributed by atoms with Crippen molar-refractivity contribution in [2.75, 3.05) is 33.0 Å². The second-order valence-electron chi connectivity index (χ2n) is 5.26. The Morgan fingerprint density at radius 3 is 1.96 bits per heavy atom. The zero-order valence-corrected chi connectivity index (χ0v) is 14.2. The van der Waals surface area contributed by atoms with Crippen molar-refractivity contribution in [1.29, 1.82) is 0 Å². The minimum absolute atomic E-state index is 0.139. The van der Waals surface area contributed by atoms with E-state index in [1.54, 1.807) is 18.2 Å². The summed E-state index contributed by atoms with van der Waals surface area (Å²) >= 11 is 0. The third-order valence-corrected chi connectivity index (χ3v) is 3.43. The SMILES string of the molecule is C=CCOCC1OC(O)(OCC=C)CCC1(OCC=C)OCC=C. The molecule has 0 aromatic rings. The van der Waals surface area contributed by atoms with Crippen molar-refractivity contribution >= 4 is 0 Å². The van der Waals surface area contributed by atoms with Crippen LogP contribution in [0.2, 0.25) is 0 Å². The van der Waals surface area contributed by atoms with Crippen LogP contribution in [0.5, 0.6) is 0 Å². The van der Waals surface area contributed by atoms with E-state index < -0.39 is 17.9 Å². The summed E-state index contributed by atoms with van der Waals surface area (Å²) in [6.45, 7) is 15.7. The van der Waals surface area contributed by atoms with Gasteiger partial charge in [-0.15, -0.1) is 26.3 Å². The monoisotopic (exact) mass is 340 g/mol. The number of hydrogen-bond acceptors (Lipinski definition) is 6. The fraction of sp³-hybridized carbons (Fsp3) is 0.556. The minimum Gasteiger partial charge on any atom is -0.374 e. The lowest BCUT2D eigenvalue weighted by Gasteiger charge is -2.47. The second kappa shape index (κ2) is 10.6. The van der Waals surface area contributed by atoms with Crippen molar-refractivity contribution in [1.82, 2.24) is 0 Å². The summed E-state index contributed by atoms with van der Waals surface area (Å²) in [6.07, 6.45) is 6.22. The van der Waals surface area contributed by atoms with Crippen LogP contribution in [0, 0.1) is 0 Å². The smallest absolute Gasteiger partial charge is 0.281 e. The molecule has 1 aliphatic rings. The van der Waals surface area contributed by atoms with Gasteiger partial charge in [0.15, 0.2) is 5.79 Å². The molecule has 24 heavy (non-hydrogen) atoms. The number of rotatable bonds is 13. The van der Waals surface area contributed by atoms with E-state index in [0.29, 0.717) is 13.0 Å². The van der Waals surface area contributed by atoms with Crippen LogP contribution in [0.3, 0.4) is 0 Å². The molecule has 0 amide bonds. The fourth-order valence-electron chi connectivity index (χ4n) is 2.35. The molecule has 2 atom stereocenters. The van der Waals surface area contributed by atoms with Gasteiger partial charge in [0.05, 0.1) is 33.0 Å². The highest BCUT2D eigenvalue weighted by Gasteiger charge is 2.52. The fourth-order valence-corrected chi connectivity index (χ4v) is 2.35. The maximum absolute atomic E-state index is 10.5. The molecule has 1 heterocycles. The molecule has 1 saturated heterocycles. The van der Waals surface area contributed by atoms with E-state index in [1.807, 2.05) is 0 Å². The van der Waals surface area contributed by atoms with Crippen LogP contribution < -0.4 is 0 Å². The van der Waals surface area contributed by atoms with Gasteiger partial charge in [-0.2, -0.15) is 0 Å². The first kappa shape index (κ1) is 20.8. The van der Waals surface area contributed by atoms with Crippen molar-refractivity contribution in [3.8, 4) is 0 Å². The highest BCUT2D eigenvalue weighted by Crippen LogP contribution is 2.38. The Hall–Kier alpha value is -1.28. The van der Waals surface area contributed by atoms with Gasteiger partial charge >= 0.3 is 0 Å². The van der Waals surface area contributed by atoms with Gasteiger partial charge in [0.25, 0.3) is 5.97 Å². The molecule has 1 aliphatic heterocycles. The summed E-state index contributed by atoms with van der Waals surface area (Å²) in [5.74, 6) is -2.83. The van der Waals surface area contributed by atoms with E-state index in [2.05, 4.69) is 26.3 Å². The first-order valence-electron chi connectivity index (χ1n) is 7.89. The number of hydrogen-bond donors (Lipinski definition) is 1. The Morgan fingerprint density at radius 2 is 1.42 bits per heavy atom. The molecule has 0 aromatic carbocycles. The molecular formula is C18H28O6. The summed E-state index contributed by atoms with van der Waals surface area (Å²) in [6, 6.07) is 0. The zero-order valence-electron chi connectivity index (χ0n) is 14.2. The lowest BCUT2D eigenvalue weighted by molar-refractivity contribution is -0.444. The average molecular weight is 340 g/mol. The summed E-state index contributed by atoms with van der Waals surface area (Å²) in [7, 11) is 0. The van der Waals surface area contributed by atoms with Gasteiger partial charge in [-0.25, -0.2) is 0 Å². The van der Waals surface area contributed by atoms with Crippen molar-refractivity contribution < 1.29 is 28.8 Å². The standard InChI is InChI=1S/C18H28O6/c1-5-11-20-15-16-17(21-12-6-2,22-13-7-3)9-10-18(19,24-16)23-14-8-4/h5-8,16,19H,1-4,9-15H2. The molecule has 1 rings (SSSR count). The van der Waals surface area contributed by atoms with Gasteiger partial charge in [-0.1, -0.05) is 24.3 Å². The Labute approximate surface area is 144 Å². The van der Waals surface area contributed by atoms with Crippen molar-refractivity contribution in [2.24, 2.45) is 0 Å². The van der Waals surface area contributed by atoms with E-state index in [-0.39, 0.29) is 32.8 Å². The van der Waals surface area contributed by atoms with Crippen LogP contribution in [-0.2, 0) is 23.7 Å². The maximum atomic E-state index is 10.5. The van der Waals surface area contributed by atoms with Gasteiger partial charge in [0, 0.05) is 12.8 Å². The highest BCUT2D eigenvalue weighted by atomic mass is 16.8. The van der Waals surface area contributed by atoms with Gasteiger partial charge in [0.2, 0.25) is 0 Å².